The minimum absolute atomic E-state index is 0.302. The zero-order valence-electron chi connectivity index (χ0n) is 11.9. The van der Waals surface area contributed by atoms with E-state index in [0.29, 0.717) is 24.0 Å². The first-order valence-electron chi connectivity index (χ1n) is 7.55. The lowest BCUT2D eigenvalue weighted by molar-refractivity contribution is -0.123. The molecule has 2 nitrogen and oxygen atoms in total. The molecule has 2 heteroatoms. The van der Waals surface area contributed by atoms with Gasteiger partial charge in [0.15, 0.2) is 0 Å². The summed E-state index contributed by atoms with van der Waals surface area (Å²) < 4.78 is 0. The van der Waals surface area contributed by atoms with Crippen LogP contribution in [0.5, 0.6) is 0 Å². The summed E-state index contributed by atoms with van der Waals surface area (Å²) in [5.74, 6) is 1.08. The van der Waals surface area contributed by atoms with Crippen LogP contribution in [-0.2, 0) is 4.79 Å². The first kappa shape index (κ1) is 14.1. The van der Waals surface area contributed by atoms with Crippen molar-refractivity contribution < 1.29 is 4.79 Å². The van der Waals surface area contributed by atoms with Gasteiger partial charge in [-0.2, -0.15) is 0 Å². The first-order chi connectivity index (χ1) is 9.16. The second-order valence-electron chi connectivity index (χ2n) is 5.93. The van der Waals surface area contributed by atoms with Crippen LogP contribution in [0.1, 0.15) is 63.4 Å². The van der Waals surface area contributed by atoms with E-state index in [9.17, 15) is 4.79 Å². The van der Waals surface area contributed by atoms with Crippen molar-refractivity contribution in [3.63, 3.8) is 0 Å². The number of carbonyl (C=O) groups is 1. The molecule has 1 aromatic carbocycles. The molecule has 0 heterocycles. The number of ketones is 1. The Morgan fingerprint density at radius 2 is 1.74 bits per heavy atom. The van der Waals surface area contributed by atoms with Crippen LogP contribution in [0.3, 0.4) is 0 Å². The van der Waals surface area contributed by atoms with Crippen molar-refractivity contribution in [1.29, 1.82) is 0 Å². The molecular weight excluding hydrogens is 234 g/mol. The summed E-state index contributed by atoms with van der Waals surface area (Å²) in [6, 6.07) is 7.92. The van der Waals surface area contributed by atoms with Gasteiger partial charge in [0.2, 0.25) is 0 Å². The van der Waals surface area contributed by atoms with Crippen LogP contribution < -0.4 is 5.73 Å². The summed E-state index contributed by atoms with van der Waals surface area (Å²) in [7, 11) is 0. The van der Waals surface area contributed by atoms with Crippen molar-refractivity contribution in [2.45, 2.75) is 57.8 Å². The molecule has 1 atom stereocenters. The van der Waals surface area contributed by atoms with E-state index in [4.69, 9.17) is 5.73 Å². The maximum atomic E-state index is 12.4. The fourth-order valence-electron chi connectivity index (χ4n) is 3.01. The molecule has 0 amide bonds. The van der Waals surface area contributed by atoms with Crippen molar-refractivity contribution in [2.75, 3.05) is 5.73 Å². The molecule has 0 aliphatic heterocycles. The number of anilines is 1. The smallest absolute Gasteiger partial charge is 0.136 e. The van der Waals surface area contributed by atoms with Crippen molar-refractivity contribution in [2.24, 2.45) is 5.92 Å². The average Bonchev–Trinajstić information content (AvgIpc) is 2.68. The van der Waals surface area contributed by atoms with Gasteiger partial charge in [0.25, 0.3) is 0 Å². The van der Waals surface area contributed by atoms with Gasteiger partial charge >= 0.3 is 0 Å². The lowest BCUT2D eigenvalue weighted by Crippen LogP contribution is -2.16. The van der Waals surface area contributed by atoms with Gasteiger partial charge in [-0.3, -0.25) is 4.79 Å². The molecule has 2 rings (SSSR count). The molecule has 1 unspecified atom stereocenters. The lowest BCUT2D eigenvalue weighted by atomic mass is 9.87. The topological polar surface area (TPSA) is 43.1 Å². The van der Waals surface area contributed by atoms with Crippen molar-refractivity contribution in [3.8, 4) is 0 Å². The van der Waals surface area contributed by atoms with Crippen LogP contribution in [-0.4, -0.2) is 5.78 Å². The number of nitrogens with two attached hydrogens (primary N) is 1. The van der Waals surface area contributed by atoms with Crippen LogP contribution in [0.25, 0.3) is 0 Å². The van der Waals surface area contributed by atoms with E-state index >= 15 is 0 Å². The average molecular weight is 259 g/mol. The molecule has 0 spiro atoms. The third kappa shape index (κ3) is 4.09. The molecule has 19 heavy (non-hydrogen) atoms. The Balaban J connectivity index is 1.92. The fourth-order valence-corrected chi connectivity index (χ4v) is 3.01. The molecule has 1 aromatic rings. The van der Waals surface area contributed by atoms with E-state index in [1.54, 1.807) is 0 Å². The number of benzene rings is 1. The Labute approximate surface area is 116 Å². The van der Waals surface area contributed by atoms with E-state index in [0.717, 1.165) is 18.5 Å². The zero-order valence-corrected chi connectivity index (χ0v) is 11.9. The highest BCUT2D eigenvalue weighted by atomic mass is 16.1. The molecule has 0 aromatic heterocycles. The van der Waals surface area contributed by atoms with Crippen molar-refractivity contribution in [3.05, 3.63) is 29.8 Å². The summed E-state index contributed by atoms with van der Waals surface area (Å²) in [5, 5.41) is 0. The van der Waals surface area contributed by atoms with Crippen molar-refractivity contribution >= 4 is 11.5 Å². The third-order valence-electron chi connectivity index (χ3n) is 4.32. The fraction of sp³-hybridized carbons (Fsp3) is 0.588. The number of hydrogen-bond donors (Lipinski definition) is 1. The monoisotopic (exact) mass is 259 g/mol. The van der Waals surface area contributed by atoms with Gasteiger partial charge in [-0.25, -0.2) is 0 Å². The Kier molecular flexibility index (Phi) is 5.00. The predicted molar refractivity (Wildman–Crippen MR) is 80.1 cm³/mol. The molecule has 1 saturated carbocycles. The number of Topliss-reactive ketones (excluding diaryl/α,β-unsaturated/α-hetero) is 1. The molecule has 1 fully saturated rings. The normalized spacial score (nSPS) is 18.8. The Morgan fingerprint density at radius 1 is 1.16 bits per heavy atom. The van der Waals surface area contributed by atoms with Crippen LogP contribution in [0.4, 0.5) is 5.69 Å². The van der Waals surface area contributed by atoms with Crippen LogP contribution >= 0.6 is 0 Å². The summed E-state index contributed by atoms with van der Waals surface area (Å²) in [6.07, 6.45) is 7.95. The summed E-state index contributed by atoms with van der Waals surface area (Å²) >= 11 is 0. The van der Waals surface area contributed by atoms with E-state index in [1.807, 2.05) is 24.3 Å². The standard InChI is InChI=1S/C17H25NO/c1-13(14-8-10-16(18)11-9-14)12-17(19)15-6-4-2-3-5-7-15/h8-11,13,15H,2-7,12,18H2,1H3. The summed E-state index contributed by atoms with van der Waals surface area (Å²) in [5.41, 5.74) is 7.70. The largest absolute Gasteiger partial charge is 0.399 e. The molecule has 1 aliphatic carbocycles. The van der Waals surface area contributed by atoms with Gasteiger partial charge in [0.1, 0.15) is 5.78 Å². The Morgan fingerprint density at radius 3 is 2.32 bits per heavy atom. The van der Waals surface area contributed by atoms with Crippen molar-refractivity contribution in [1.82, 2.24) is 0 Å². The maximum absolute atomic E-state index is 12.4. The van der Waals surface area contributed by atoms with Gasteiger partial charge in [0, 0.05) is 18.0 Å². The summed E-state index contributed by atoms with van der Waals surface area (Å²) in [6.45, 7) is 2.14. The van der Waals surface area contributed by atoms with Crippen LogP contribution in [0, 0.1) is 5.92 Å². The predicted octanol–water partition coefficient (Wildman–Crippen LogP) is 4.30. The Bertz CT molecular complexity index is 402. The minimum atomic E-state index is 0.302. The highest BCUT2D eigenvalue weighted by Gasteiger charge is 2.22. The van der Waals surface area contributed by atoms with Crippen LogP contribution in [0.2, 0.25) is 0 Å². The Hall–Kier alpha value is -1.31. The third-order valence-corrected chi connectivity index (χ3v) is 4.32. The number of carbonyl (C=O) groups excluding carboxylic acids is 1. The SMILES string of the molecule is CC(CC(=O)C1CCCCCC1)c1ccc(N)cc1. The molecule has 1 aliphatic rings. The van der Waals surface area contributed by atoms with Gasteiger partial charge in [0.05, 0.1) is 0 Å². The summed E-state index contributed by atoms with van der Waals surface area (Å²) in [4.78, 5) is 12.4. The molecule has 0 radical (unpaired) electrons. The van der Waals surface area contributed by atoms with E-state index in [1.165, 1.54) is 31.2 Å². The van der Waals surface area contributed by atoms with E-state index in [-0.39, 0.29) is 0 Å². The highest BCUT2D eigenvalue weighted by molar-refractivity contribution is 5.81. The maximum Gasteiger partial charge on any atom is 0.136 e. The first-order valence-corrected chi connectivity index (χ1v) is 7.55. The van der Waals surface area contributed by atoms with E-state index in [2.05, 4.69) is 6.92 Å². The van der Waals surface area contributed by atoms with Crippen LogP contribution in [0.15, 0.2) is 24.3 Å². The minimum Gasteiger partial charge on any atom is -0.399 e. The number of nitrogen functional groups attached to an aromatic ring is 1. The second kappa shape index (κ2) is 6.74. The van der Waals surface area contributed by atoms with Gasteiger partial charge in [-0.05, 0) is 36.5 Å². The number of rotatable bonds is 4. The lowest BCUT2D eigenvalue weighted by Gasteiger charge is -2.17. The van der Waals surface area contributed by atoms with Gasteiger partial charge in [-0.1, -0.05) is 44.7 Å². The zero-order chi connectivity index (χ0) is 13.7. The van der Waals surface area contributed by atoms with Gasteiger partial charge in [-0.15, -0.1) is 0 Å². The van der Waals surface area contributed by atoms with E-state index < -0.39 is 0 Å². The number of hydrogen-bond acceptors (Lipinski definition) is 2. The highest BCUT2D eigenvalue weighted by Crippen LogP contribution is 2.28. The quantitative estimate of drug-likeness (QED) is 0.647. The molecule has 0 bridgehead atoms. The van der Waals surface area contributed by atoms with Gasteiger partial charge < -0.3 is 5.73 Å². The molecule has 104 valence electrons. The second-order valence-corrected chi connectivity index (χ2v) is 5.93. The molecule has 0 saturated heterocycles. The molecule has 2 N–H and O–H groups in total. The molecular formula is C17H25NO.